The first-order chi connectivity index (χ1) is 19.1. The Morgan fingerprint density at radius 2 is 1.57 bits per heavy atom. The number of thioether (sulfide) groups is 1. The molecular formula is C31H39N3O4S2. The average Bonchev–Trinajstić information content (AvgIpc) is 2.96. The second-order valence-electron chi connectivity index (χ2n) is 9.69. The lowest BCUT2D eigenvalue weighted by Gasteiger charge is -2.33. The van der Waals surface area contributed by atoms with Crippen LogP contribution in [0, 0.1) is 13.8 Å². The molecule has 0 aliphatic rings. The van der Waals surface area contributed by atoms with Gasteiger partial charge in [0, 0.05) is 18.0 Å². The second-order valence-corrected chi connectivity index (χ2v) is 12.4. The highest BCUT2D eigenvalue weighted by Gasteiger charge is 2.33. The lowest BCUT2D eigenvalue weighted by atomic mass is 10.1. The second kappa shape index (κ2) is 14.4. The summed E-state index contributed by atoms with van der Waals surface area (Å²) in [5, 5.41) is 2.91. The number of hydrogen-bond donors (Lipinski definition) is 1. The molecule has 2 amide bonds. The van der Waals surface area contributed by atoms with Gasteiger partial charge in [-0.15, -0.1) is 11.8 Å². The van der Waals surface area contributed by atoms with E-state index in [0.717, 1.165) is 32.3 Å². The van der Waals surface area contributed by atoms with E-state index in [1.165, 1.54) is 16.7 Å². The summed E-state index contributed by atoms with van der Waals surface area (Å²) in [6.07, 6.45) is 3.08. The zero-order valence-corrected chi connectivity index (χ0v) is 25.5. The van der Waals surface area contributed by atoms with Crippen LogP contribution in [0.4, 0.5) is 5.69 Å². The Kier molecular flexibility index (Phi) is 11.2. The van der Waals surface area contributed by atoms with Crippen LogP contribution in [-0.2, 0) is 26.2 Å². The number of nitrogens with one attached hydrogen (secondary N) is 1. The first-order valence-electron chi connectivity index (χ1n) is 13.5. The van der Waals surface area contributed by atoms with Crippen molar-refractivity contribution in [3.05, 3.63) is 89.5 Å². The third-order valence-electron chi connectivity index (χ3n) is 6.79. The van der Waals surface area contributed by atoms with Crippen LogP contribution < -0.4 is 9.62 Å². The Bertz CT molecular complexity index is 1390. The van der Waals surface area contributed by atoms with Crippen LogP contribution in [-0.4, -0.2) is 50.5 Å². The van der Waals surface area contributed by atoms with Gasteiger partial charge in [-0.2, -0.15) is 0 Å². The fourth-order valence-corrected chi connectivity index (χ4v) is 6.19. The molecule has 0 fully saturated rings. The summed E-state index contributed by atoms with van der Waals surface area (Å²) in [6.45, 7) is 7.94. The Morgan fingerprint density at radius 3 is 2.15 bits per heavy atom. The lowest BCUT2D eigenvalue weighted by Crippen LogP contribution is -2.52. The molecule has 0 bridgehead atoms. The molecule has 3 aromatic carbocycles. The van der Waals surface area contributed by atoms with Crippen LogP contribution in [0.3, 0.4) is 0 Å². The average molecular weight is 582 g/mol. The molecule has 0 spiro atoms. The van der Waals surface area contributed by atoms with Crippen molar-refractivity contribution in [2.24, 2.45) is 0 Å². The Morgan fingerprint density at radius 1 is 0.925 bits per heavy atom. The molecule has 0 aliphatic heterocycles. The summed E-state index contributed by atoms with van der Waals surface area (Å²) >= 11 is 1.52. The minimum absolute atomic E-state index is 0.0943. The van der Waals surface area contributed by atoms with E-state index >= 15 is 0 Å². The molecule has 0 unspecified atom stereocenters. The molecule has 3 aromatic rings. The lowest BCUT2D eigenvalue weighted by molar-refractivity contribution is -0.140. The standard InChI is InChI=1S/C31H39N3O4S2/c1-6-20-32-31(36)29(7-2)33(21-25-11-9-8-10-24(25)4)30(35)22-34(26-14-12-23(3)13-15-26)40(37,38)28-18-16-27(39-5)17-19-28/h8-19,29H,6-7,20-22H2,1-5H3,(H,32,36)/t29-/m1/s1. The van der Waals surface area contributed by atoms with Crippen molar-refractivity contribution in [2.45, 2.75) is 62.9 Å². The number of aryl methyl sites for hydroxylation is 2. The maximum Gasteiger partial charge on any atom is 0.264 e. The van der Waals surface area contributed by atoms with Gasteiger partial charge in [-0.25, -0.2) is 8.42 Å². The van der Waals surface area contributed by atoms with Crippen LogP contribution in [0.5, 0.6) is 0 Å². The summed E-state index contributed by atoms with van der Waals surface area (Å²) in [4.78, 5) is 29.8. The third-order valence-corrected chi connectivity index (χ3v) is 9.32. The summed E-state index contributed by atoms with van der Waals surface area (Å²) < 4.78 is 29.1. The van der Waals surface area contributed by atoms with Crippen LogP contribution in [0.2, 0.25) is 0 Å². The fourth-order valence-electron chi connectivity index (χ4n) is 4.37. The summed E-state index contributed by atoms with van der Waals surface area (Å²) in [5.41, 5.74) is 3.24. The molecule has 0 saturated heterocycles. The van der Waals surface area contributed by atoms with Crippen LogP contribution in [0.1, 0.15) is 43.4 Å². The third kappa shape index (κ3) is 7.67. The number of rotatable bonds is 13. The molecule has 40 heavy (non-hydrogen) atoms. The highest BCUT2D eigenvalue weighted by atomic mass is 32.2. The number of hydrogen-bond acceptors (Lipinski definition) is 5. The van der Waals surface area contributed by atoms with E-state index in [9.17, 15) is 18.0 Å². The largest absolute Gasteiger partial charge is 0.354 e. The van der Waals surface area contributed by atoms with E-state index in [1.54, 1.807) is 36.4 Å². The van der Waals surface area contributed by atoms with Gasteiger partial charge in [-0.3, -0.25) is 13.9 Å². The monoisotopic (exact) mass is 581 g/mol. The zero-order chi connectivity index (χ0) is 29.3. The number of carbonyl (C=O) groups is 2. The van der Waals surface area contributed by atoms with Gasteiger partial charge in [0.1, 0.15) is 12.6 Å². The van der Waals surface area contributed by atoms with Crippen molar-refractivity contribution in [2.75, 3.05) is 23.7 Å². The molecular weight excluding hydrogens is 542 g/mol. The maximum absolute atomic E-state index is 14.1. The van der Waals surface area contributed by atoms with E-state index < -0.39 is 28.5 Å². The molecule has 0 aliphatic carbocycles. The highest BCUT2D eigenvalue weighted by molar-refractivity contribution is 7.98. The van der Waals surface area contributed by atoms with Crippen molar-refractivity contribution < 1.29 is 18.0 Å². The van der Waals surface area contributed by atoms with Crippen molar-refractivity contribution >= 4 is 39.3 Å². The molecule has 0 aromatic heterocycles. The number of nitrogens with zero attached hydrogens (tertiary/aromatic N) is 2. The van der Waals surface area contributed by atoms with Gasteiger partial charge in [0.25, 0.3) is 10.0 Å². The van der Waals surface area contributed by atoms with Gasteiger partial charge in [-0.05, 0) is 80.5 Å². The molecule has 7 nitrogen and oxygen atoms in total. The molecule has 214 valence electrons. The summed E-state index contributed by atoms with van der Waals surface area (Å²) in [7, 11) is -4.09. The molecule has 0 radical (unpaired) electrons. The Labute approximate surface area is 243 Å². The first-order valence-corrected chi connectivity index (χ1v) is 16.1. The van der Waals surface area contributed by atoms with Crippen LogP contribution >= 0.6 is 11.8 Å². The van der Waals surface area contributed by atoms with Crippen LogP contribution in [0.15, 0.2) is 82.6 Å². The van der Waals surface area contributed by atoms with Gasteiger partial charge in [0.05, 0.1) is 10.6 Å². The van der Waals surface area contributed by atoms with Gasteiger partial charge < -0.3 is 10.2 Å². The normalized spacial score (nSPS) is 12.0. The van der Waals surface area contributed by atoms with Gasteiger partial charge in [0.2, 0.25) is 11.8 Å². The number of benzene rings is 3. The first kappa shape index (κ1) is 31.2. The number of carbonyl (C=O) groups excluding carboxylic acids is 2. The van der Waals surface area contributed by atoms with Crippen molar-refractivity contribution in [1.29, 1.82) is 0 Å². The van der Waals surface area contributed by atoms with Crippen molar-refractivity contribution in [1.82, 2.24) is 10.2 Å². The summed E-state index contributed by atoms with van der Waals surface area (Å²) in [5.74, 6) is -0.699. The maximum atomic E-state index is 14.1. The Balaban J connectivity index is 2.05. The molecule has 9 heteroatoms. The van der Waals surface area contributed by atoms with Crippen LogP contribution in [0.25, 0.3) is 0 Å². The molecule has 1 N–H and O–H groups in total. The van der Waals surface area contributed by atoms with Gasteiger partial charge >= 0.3 is 0 Å². The van der Waals surface area contributed by atoms with Crippen molar-refractivity contribution in [3.8, 4) is 0 Å². The molecule has 0 saturated carbocycles. The zero-order valence-electron chi connectivity index (χ0n) is 23.9. The fraction of sp³-hybridized carbons (Fsp3) is 0.355. The topological polar surface area (TPSA) is 86.8 Å². The smallest absolute Gasteiger partial charge is 0.264 e. The van der Waals surface area contributed by atoms with Gasteiger partial charge in [-0.1, -0.05) is 55.8 Å². The summed E-state index contributed by atoms with van der Waals surface area (Å²) in [6, 6.07) is 20.6. The SMILES string of the molecule is CCCNC(=O)[C@@H](CC)N(Cc1ccccc1C)C(=O)CN(c1ccc(C)cc1)S(=O)(=O)c1ccc(SC)cc1. The minimum Gasteiger partial charge on any atom is -0.354 e. The van der Waals surface area contributed by atoms with Crippen molar-refractivity contribution in [3.63, 3.8) is 0 Å². The van der Waals surface area contributed by atoms with E-state index in [0.29, 0.717) is 18.7 Å². The van der Waals surface area contributed by atoms with E-state index in [2.05, 4.69) is 5.32 Å². The number of amides is 2. The highest BCUT2D eigenvalue weighted by Crippen LogP contribution is 2.27. The van der Waals surface area contributed by atoms with E-state index in [1.807, 2.05) is 70.3 Å². The van der Waals surface area contributed by atoms with E-state index in [4.69, 9.17) is 0 Å². The number of anilines is 1. The minimum atomic E-state index is -4.09. The Hall–Kier alpha value is -3.30. The molecule has 0 heterocycles. The predicted octanol–water partition coefficient (Wildman–Crippen LogP) is 5.55. The van der Waals surface area contributed by atoms with E-state index in [-0.39, 0.29) is 17.3 Å². The molecule has 3 rings (SSSR count). The predicted molar refractivity (Wildman–Crippen MR) is 163 cm³/mol. The quantitative estimate of drug-likeness (QED) is 0.267. The molecule has 1 atom stereocenters. The van der Waals surface area contributed by atoms with Gasteiger partial charge in [0.15, 0.2) is 0 Å². The number of sulfonamides is 1.